The van der Waals surface area contributed by atoms with Crippen molar-refractivity contribution in [3.8, 4) is 0 Å². The van der Waals surface area contributed by atoms with E-state index >= 15 is 0 Å². The molecule has 0 aliphatic carbocycles. The quantitative estimate of drug-likeness (QED) is 0.650. The van der Waals surface area contributed by atoms with Crippen LogP contribution < -0.4 is 0 Å². The highest BCUT2D eigenvalue weighted by molar-refractivity contribution is 5.77. The Morgan fingerprint density at radius 2 is 1.71 bits per heavy atom. The van der Waals surface area contributed by atoms with Crippen molar-refractivity contribution in [1.82, 2.24) is 0 Å². The molecule has 0 saturated heterocycles. The van der Waals surface area contributed by atoms with E-state index in [1.807, 2.05) is 6.92 Å². The van der Waals surface area contributed by atoms with Crippen LogP contribution in [0.25, 0.3) is 0 Å². The lowest BCUT2D eigenvalue weighted by Gasteiger charge is -2.39. The second-order valence-electron chi connectivity index (χ2n) is 5.18. The van der Waals surface area contributed by atoms with Gasteiger partial charge in [-0.05, 0) is 18.8 Å². The van der Waals surface area contributed by atoms with E-state index in [1.165, 1.54) is 7.11 Å². The van der Waals surface area contributed by atoms with Gasteiger partial charge in [-0.1, -0.05) is 40.5 Å². The molecule has 0 N–H and O–H groups in total. The predicted molar refractivity (Wildman–Crippen MR) is 59.1 cm³/mol. The van der Waals surface area contributed by atoms with Crippen LogP contribution in [0.5, 0.6) is 0 Å². The Morgan fingerprint density at radius 3 is 2.00 bits per heavy atom. The van der Waals surface area contributed by atoms with E-state index in [1.54, 1.807) is 0 Å². The monoisotopic (exact) mass is 200 g/mol. The van der Waals surface area contributed by atoms with E-state index in [0.717, 1.165) is 19.3 Å². The average Bonchev–Trinajstić information content (AvgIpc) is 2.10. The summed E-state index contributed by atoms with van der Waals surface area (Å²) in [5, 5.41) is 0. The van der Waals surface area contributed by atoms with E-state index in [4.69, 9.17) is 4.74 Å². The Kier molecular flexibility index (Phi) is 4.63. The first kappa shape index (κ1) is 13.5. The summed E-state index contributed by atoms with van der Waals surface area (Å²) in [5.74, 6) is -0.0848. The normalized spacial score (nSPS) is 16.1. The van der Waals surface area contributed by atoms with Gasteiger partial charge < -0.3 is 4.74 Å². The highest BCUT2D eigenvalue weighted by Crippen LogP contribution is 2.43. The zero-order valence-corrected chi connectivity index (χ0v) is 10.4. The summed E-state index contributed by atoms with van der Waals surface area (Å²) in [5.41, 5.74) is -0.410. The van der Waals surface area contributed by atoms with E-state index in [9.17, 15) is 4.79 Å². The molecule has 0 fully saturated rings. The number of esters is 1. The molecule has 0 rings (SSSR count). The minimum absolute atomic E-state index is 0.0464. The molecule has 0 aliphatic rings. The molecule has 0 radical (unpaired) electrons. The first-order chi connectivity index (χ1) is 6.29. The molecule has 1 atom stereocenters. The number of carbonyl (C=O) groups is 1. The van der Waals surface area contributed by atoms with Crippen molar-refractivity contribution in [2.75, 3.05) is 7.11 Å². The van der Waals surface area contributed by atoms with Crippen molar-refractivity contribution < 1.29 is 9.53 Å². The number of rotatable bonds is 4. The van der Waals surface area contributed by atoms with Gasteiger partial charge in [0.15, 0.2) is 0 Å². The van der Waals surface area contributed by atoms with Gasteiger partial charge in [0.2, 0.25) is 0 Å². The van der Waals surface area contributed by atoms with Gasteiger partial charge in [-0.3, -0.25) is 4.79 Å². The first-order valence-corrected chi connectivity index (χ1v) is 5.38. The molecule has 0 heterocycles. The second-order valence-corrected chi connectivity index (χ2v) is 5.18. The Hall–Kier alpha value is -0.530. The second kappa shape index (κ2) is 4.81. The average molecular weight is 200 g/mol. The summed E-state index contributed by atoms with van der Waals surface area (Å²) in [6.07, 6.45) is 3.09. The fourth-order valence-corrected chi connectivity index (χ4v) is 1.54. The van der Waals surface area contributed by atoms with Crippen LogP contribution in [0.1, 0.15) is 53.9 Å². The lowest BCUT2D eigenvalue weighted by atomic mass is 9.65. The van der Waals surface area contributed by atoms with Crippen LogP contribution in [0, 0.1) is 10.8 Å². The maximum absolute atomic E-state index is 11.8. The summed E-state index contributed by atoms with van der Waals surface area (Å²) in [7, 11) is 1.47. The zero-order valence-electron chi connectivity index (χ0n) is 10.4. The summed E-state index contributed by atoms with van der Waals surface area (Å²) < 4.78 is 4.90. The lowest BCUT2D eigenvalue weighted by Crippen LogP contribution is -2.41. The standard InChI is InChI=1S/C12H24O2/c1-7-8-9-12(5,10(13)14-6)11(2,3)4/h7-9H2,1-6H3. The Labute approximate surface area is 88.0 Å². The van der Waals surface area contributed by atoms with Crippen molar-refractivity contribution in [3.05, 3.63) is 0 Å². The molecule has 0 aliphatic heterocycles. The van der Waals surface area contributed by atoms with Gasteiger partial charge in [0.1, 0.15) is 0 Å². The third-order valence-corrected chi connectivity index (χ3v) is 3.32. The fourth-order valence-electron chi connectivity index (χ4n) is 1.54. The van der Waals surface area contributed by atoms with Gasteiger partial charge in [0, 0.05) is 0 Å². The predicted octanol–water partition coefficient (Wildman–Crippen LogP) is 3.40. The molecule has 0 aromatic heterocycles. The molecule has 0 amide bonds. The lowest BCUT2D eigenvalue weighted by molar-refractivity contribution is -0.159. The molecule has 1 unspecified atom stereocenters. The Bertz CT molecular complexity index is 191. The van der Waals surface area contributed by atoms with Crippen LogP contribution in [0.2, 0.25) is 0 Å². The van der Waals surface area contributed by atoms with Crippen LogP contribution in [0.3, 0.4) is 0 Å². The first-order valence-electron chi connectivity index (χ1n) is 5.38. The SMILES string of the molecule is CCCCC(C)(C(=O)OC)C(C)(C)C. The molecule has 0 saturated carbocycles. The van der Waals surface area contributed by atoms with Gasteiger partial charge in [-0.15, -0.1) is 0 Å². The number of unbranched alkanes of at least 4 members (excludes halogenated alkanes) is 1. The third kappa shape index (κ3) is 2.73. The molecular weight excluding hydrogens is 176 g/mol. The number of hydrogen-bond donors (Lipinski definition) is 0. The van der Waals surface area contributed by atoms with E-state index in [0.29, 0.717) is 0 Å². The summed E-state index contributed by atoms with van der Waals surface area (Å²) in [6, 6.07) is 0. The van der Waals surface area contributed by atoms with Crippen LogP contribution in [-0.2, 0) is 9.53 Å². The Balaban J connectivity index is 4.76. The van der Waals surface area contributed by atoms with Crippen molar-refractivity contribution in [3.63, 3.8) is 0 Å². The van der Waals surface area contributed by atoms with Crippen molar-refractivity contribution >= 4 is 5.97 Å². The molecule has 0 aromatic rings. The fraction of sp³-hybridized carbons (Fsp3) is 0.917. The van der Waals surface area contributed by atoms with Gasteiger partial charge in [-0.25, -0.2) is 0 Å². The van der Waals surface area contributed by atoms with Crippen LogP contribution in [0.4, 0.5) is 0 Å². The smallest absolute Gasteiger partial charge is 0.312 e. The highest BCUT2D eigenvalue weighted by atomic mass is 16.5. The topological polar surface area (TPSA) is 26.3 Å². The molecule has 0 spiro atoms. The van der Waals surface area contributed by atoms with Crippen molar-refractivity contribution in [2.24, 2.45) is 10.8 Å². The maximum atomic E-state index is 11.8. The minimum atomic E-state index is -0.363. The van der Waals surface area contributed by atoms with Gasteiger partial charge in [0.25, 0.3) is 0 Å². The number of ether oxygens (including phenoxy) is 1. The largest absolute Gasteiger partial charge is 0.469 e. The van der Waals surface area contributed by atoms with Crippen LogP contribution in [-0.4, -0.2) is 13.1 Å². The zero-order chi connectivity index (χ0) is 11.4. The van der Waals surface area contributed by atoms with Gasteiger partial charge >= 0.3 is 5.97 Å². The molecule has 14 heavy (non-hydrogen) atoms. The number of carbonyl (C=O) groups excluding carboxylic acids is 1. The Morgan fingerprint density at radius 1 is 1.21 bits per heavy atom. The van der Waals surface area contributed by atoms with Gasteiger partial charge in [-0.2, -0.15) is 0 Å². The van der Waals surface area contributed by atoms with Crippen LogP contribution in [0.15, 0.2) is 0 Å². The molecule has 0 bridgehead atoms. The molecule has 0 aromatic carbocycles. The summed E-state index contributed by atoms with van der Waals surface area (Å²) in [4.78, 5) is 11.8. The maximum Gasteiger partial charge on any atom is 0.312 e. The minimum Gasteiger partial charge on any atom is -0.469 e. The molecule has 84 valence electrons. The van der Waals surface area contributed by atoms with Crippen molar-refractivity contribution in [2.45, 2.75) is 53.9 Å². The molecular formula is C12H24O2. The summed E-state index contributed by atoms with van der Waals surface area (Å²) in [6.45, 7) is 10.4. The van der Waals surface area contributed by atoms with Crippen molar-refractivity contribution in [1.29, 1.82) is 0 Å². The van der Waals surface area contributed by atoms with Gasteiger partial charge in [0.05, 0.1) is 12.5 Å². The number of methoxy groups -OCH3 is 1. The highest BCUT2D eigenvalue weighted by Gasteiger charge is 2.44. The molecule has 2 nitrogen and oxygen atoms in total. The van der Waals surface area contributed by atoms with E-state index in [2.05, 4.69) is 27.7 Å². The molecule has 2 heteroatoms. The van der Waals surface area contributed by atoms with E-state index in [-0.39, 0.29) is 16.8 Å². The third-order valence-electron chi connectivity index (χ3n) is 3.32. The van der Waals surface area contributed by atoms with Crippen LogP contribution >= 0.6 is 0 Å². The number of hydrogen-bond acceptors (Lipinski definition) is 2. The summed E-state index contributed by atoms with van der Waals surface area (Å²) >= 11 is 0. The van der Waals surface area contributed by atoms with E-state index < -0.39 is 0 Å².